The second kappa shape index (κ2) is 11.3. The van der Waals surface area contributed by atoms with E-state index in [2.05, 4.69) is 21.2 Å². The van der Waals surface area contributed by atoms with Crippen molar-refractivity contribution in [3.8, 4) is 0 Å². The van der Waals surface area contributed by atoms with Gasteiger partial charge in [-0.05, 0) is 57.5 Å². The van der Waals surface area contributed by atoms with Crippen LogP contribution in [0.25, 0.3) is 0 Å². The van der Waals surface area contributed by atoms with Crippen LogP contribution in [-0.4, -0.2) is 61.7 Å². The van der Waals surface area contributed by atoms with Crippen LogP contribution in [0.15, 0.2) is 59.1 Å². The lowest BCUT2D eigenvalue weighted by Gasteiger charge is -2.34. The summed E-state index contributed by atoms with van der Waals surface area (Å²) < 4.78 is 29.1. The number of hydrogen-bond donors (Lipinski definition) is 1. The maximum absolute atomic E-state index is 13.6. The zero-order chi connectivity index (χ0) is 25.7. The van der Waals surface area contributed by atoms with Crippen molar-refractivity contribution in [3.63, 3.8) is 0 Å². The number of anilines is 1. The van der Waals surface area contributed by atoms with Gasteiger partial charge in [-0.15, -0.1) is 0 Å². The summed E-state index contributed by atoms with van der Waals surface area (Å²) in [5.74, 6) is -0.812. The van der Waals surface area contributed by atoms with Crippen molar-refractivity contribution in [3.05, 3.63) is 64.6 Å². The average molecular weight is 554 g/mol. The fourth-order valence-electron chi connectivity index (χ4n) is 3.15. The van der Waals surface area contributed by atoms with E-state index < -0.39 is 34.2 Å². The second-order valence-corrected chi connectivity index (χ2v) is 12.2. The molecule has 2 aromatic carbocycles. The number of benzene rings is 2. The minimum Gasteiger partial charge on any atom is -0.350 e. The first kappa shape index (κ1) is 27.8. The summed E-state index contributed by atoms with van der Waals surface area (Å²) in [7, 11) is -1.14. The SMILES string of the molecule is C[C@@H](C(=O)NC(C)(C)C)N(Cc1ccc(Br)cc1)C(=O)CN(c1ccccc1)S(=O)(=O)N(C)C. The lowest BCUT2D eigenvalue weighted by molar-refractivity contribution is -0.140. The van der Waals surface area contributed by atoms with Gasteiger partial charge >= 0.3 is 10.2 Å². The molecule has 2 aromatic rings. The minimum absolute atomic E-state index is 0.148. The number of rotatable bonds is 9. The number of amides is 2. The molecule has 0 fully saturated rings. The Bertz CT molecular complexity index is 1080. The highest BCUT2D eigenvalue weighted by Gasteiger charge is 2.33. The molecule has 10 heteroatoms. The van der Waals surface area contributed by atoms with Crippen LogP contribution in [0.1, 0.15) is 33.3 Å². The number of nitrogens with one attached hydrogen (secondary N) is 1. The monoisotopic (exact) mass is 552 g/mol. The third-order valence-corrected chi connectivity index (χ3v) is 7.34. The Kier molecular flexibility index (Phi) is 9.27. The molecule has 0 saturated heterocycles. The topological polar surface area (TPSA) is 90.0 Å². The molecule has 0 bridgehead atoms. The van der Waals surface area contributed by atoms with E-state index in [9.17, 15) is 18.0 Å². The lowest BCUT2D eigenvalue weighted by atomic mass is 10.1. The number of carbonyl (C=O) groups is 2. The first-order chi connectivity index (χ1) is 15.7. The number of carbonyl (C=O) groups excluding carboxylic acids is 2. The normalized spacial score (nSPS) is 12.8. The molecular weight excluding hydrogens is 520 g/mol. The Morgan fingerprint density at radius 2 is 1.56 bits per heavy atom. The standard InChI is InChI=1S/C24H33BrN4O4S/c1-18(23(31)26-24(2,3)4)28(16-19-12-14-20(25)15-13-19)22(30)17-29(34(32,33)27(5)6)21-10-8-7-9-11-21/h7-15,18H,16-17H2,1-6H3,(H,26,31)/t18-/m0/s1. The third kappa shape index (κ3) is 7.54. The number of para-hydroxylation sites is 1. The van der Waals surface area contributed by atoms with Crippen LogP contribution in [0.5, 0.6) is 0 Å². The Morgan fingerprint density at radius 3 is 2.06 bits per heavy atom. The van der Waals surface area contributed by atoms with Crippen LogP contribution in [0.2, 0.25) is 0 Å². The average Bonchev–Trinajstić information content (AvgIpc) is 2.75. The van der Waals surface area contributed by atoms with Crippen LogP contribution in [0.3, 0.4) is 0 Å². The summed E-state index contributed by atoms with van der Waals surface area (Å²) in [6, 6.07) is 15.0. The summed E-state index contributed by atoms with van der Waals surface area (Å²) in [4.78, 5) is 28.0. The van der Waals surface area contributed by atoms with Crippen molar-refractivity contribution in [2.75, 3.05) is 24.9 Å². The number of hydrogen-bond acceptors (Lipinski definition) is 4. The van der Waals surface area contributed by atoms with Crippen molar-refractivity contribution in [1.82, 2.24) is 14.5 Å². The van der Waals surface area contributed by atoms with E-state index in [0.717, 1.165) is 18.6 Å². The molecule has 0 aliphatic heterocycles. The molecule has 0 heterocycles. The van der Waals surface area contributed by atoms with Gasteiger partial charge in [0.1, 0.15) is 12.6 Å². The van der Waals surface area contributed by atoms with Gasteiger partial charge in [0.25, 0.3) is 0 Å². The fourth-order valence-corrected chi connectivity index (χ4v) is 4.47. The van der Waals surface area contributed by atoms with Gasteiger partial charge in [-0.2, -0.15) is 12.7 Å². The second-order valence-electron chi connectivity index (χ2n) is 9.20. The van der Waals surface area contributed by atoms with Crippen LogP contribution in [0.4, 0.5) is 5.69 Å². The molecule has 2 amide bonds. The molecule has 1 N–H and O–H groups in total. The highest BCUT2D eigenvalue weighted by Crippen LogP contribution is 2.21. The molecule has 0 aliphatic rings. The molecule has 0 aliphatic carbocycles. The zero-order valence-corrected chi connectivity index (χ0v) is 22.9. The Morgan fingerprint density at radius 1 is 1.00 bits per heavy atom. The number of halogens is 1. The molecule has 0 saturated carbocycles. The van der Waals surface area contributed by atoms with Gasteiger partial charge in [0.05, 0.1) is 5.69 Å². The Labute approximate surface area is 211 Å². The van der Waals surface area contributed by atoms with Gasteiger partial charge in [0.15, 0.2) is 0 Å². The molecule has 1 atom stereocenters. The molecule has 186 valence electrons. The van der Waals surface area contributed by atoms with Crippen molar-refractivity contribution in [2.45, 2.75) is 45.8 Å². The highest BCUT2D eigenvalue weighted by molar-refractivity contribution is 9.10. The third-order valence-electron chi connectivity index (χ3n) is 4.99. The van der Waals surface area contributed by atoms with E-state index in [4.69, 9.17) is 0 Å². The van der Waals surface area contributed by atoms with Gasteiger partial charge in [0, 0.05) is 30.7 Å². The largest absolute Gasteiger partial charge is 0.350 e. The smallest absolute Gasteiger partial charge is 0.304 e. The summed E-state index contributed by atoms with van der Waals surface area (Å²) in [6.45, 7) is 6.92. The summed E-state index contributed by atoms with van der Waals surface area (Å²) in [6.07, 6.45) is 0. The molecular formula is C24H33BrN4O4S. The Hall–Kier alpha value is -2.43. The van der Waals surface area contributed by atoms with Crippen LogP contribution in [-0.2, 0) is 26.3 Å². The van der Waals surface area contributed by atoms with E-state index in [-0.39, 0.29) is 12.5 Å². The molecule has 0 radical (unpaired) electrons. The zero-order valence-electron chi connectivity index (χ0n) is 20.4. The van der Waals surface area contributed by atoms with Gasteiger partial charge in [0.2, 0.25) is 11.8 Å². The minimum atomic E-state index is -3.96. The van der Waals surface area contributed by atoms with Gasteiger partial charge in [-0.25, -0.2) is 4.31 Å². The Balaban J connectivity index is 2.43. The predicted octanol–water partition coefficient (Wildman–Crippen LogP) is 3.39. The van der Waals surface area contributed by atoms with Crippen molar-refractivity contribution in [2.24, 2.45) is 0 Å². The van der Waals surface area contributed by atoms with Gasteiger partial charge in [-0.1, -0.05) is 46.3 Å². The van der Waals surface area contributed by atoms with E-state index >= 15 is 0 Å². The first-order valence-corrected chi connectivity index (χ1v) is 13.0. The molecule has 8 nitrogen and oxygen atoms in total. The molecule has 2 rings (SSSR count). The van der Waals surface area contributed by atoms with Crippen LogP contribution < -0.4 is 9.62 Å². The number of nitrogens with zero attached hydrogens (tertiary/aromatic N) is 3. The lowest BCUT2D eigenvalue weighted by Crippen LogP contribution is -2.54. The van der Waals surface area contributed by atoms with Crippen molar-refractivity contribution < 1.29 is 18.0 Å². The van der Waals surface area contributed by atoms with Crippen LogP contribution >= 0.6 is 15.9 Å². The quantitative estimate of drug-likeness (QED) is 0.516. The van der Waals surface area contributed by atoms with Crippen LogP contribution in [0, 0.1) is 0 Å². The molecule has 0 aromatic heterocycles. The van der Waals surface area contributed by atoms with Gasteiger partial charge < -0.3 is 10.2 Å². The van der Waals surface area contributed by atoms with Crippen molar-refractivity contribution >= 4 is 43.6 Å². The fraction of sp³-hybridized carbons (Fsp3) is 0.417. The molecule has 0 unspecified atom stereocenters. The van der Waals surface area contributed by atoms with Gasteiger partial charge in [-0.3, -0.25) is 9.59 Å². The molecule has 0 spiro atoms. The van der Waals surface area contributed by atoms with E-state index in [1.807, 2.05) is 45.0 Å². The summed E-state index contributed by atoms with van der Waals surface area (Å²) >= 11 is 3.40. The summed E-state index contributed by atoms with van der Waals surface area (Å²) in [5.41, 5.74) is 0.691. The highest BCUT2D eigenvalue weighted by atomic mass is 79.9. The maximum atomic E-state index is 13.6. The first-order valence-electron chi connectivity index (χ1n) is 10.8. The summed E-state index contributed by atoms with van der Waals surface area (Å²) in [5, 5.41) is 2.90. The van der Waals surface area contributed by atoms with Crippen molar-refractivity contribution in [1.29, 1.82) is 0 Å². The predicted molar refractivity (Wildman–Crippen MR) is 138 cm³/mol. The van der Waals surface area contributed by atoms with E-state index in [1.54, 1.807) is 37.3 Å². The maximum Gasteiger partial charge on any atom is 0.304 e. The van der Waals surface area contributed by atoms with E-state index in [0.29, 0.717) is 5.69 Å². The molecule has 34 heavy (non-hydrogen) atoms. The van der Waals surface area contributed by atoms with E-state index in [1.165, 1.54) is 19.0 Å².